The average Bonchev–Trinajstić information content (AvgIpc) is 2.87. The maximum absolute atomic E-state index is 13.7. The van der Waals surface area contributed by atoms with Crippen molar-refractivity contribution in [2.24, 2.45) is 0 Å². The van der Waals surface area contributed by atoms with Gasteiger partial charge in [-0.25, -0.2) is 0 Å². The first-order valence-corrected chi connectivity index (χ1v) is 21.4. The largest absolute Gasteiger partial charge is 0.335 e. The SMILES string of the molecule is CCOP(=O)(Cc1cc(CP(=O)(OCC)OCC)c(CP(=O)(OCC)OCC)cc1CP(=O)(OCC)OCC)OCC. The highest BCUT2D eigenvalue weighted by Gasteiger charge is 2.34. The minimum Gasteiger partial charge on any atom is -0.309 e. The van der Waals surface area contributed by atoms with E-state index in [0.717, 1.165) is 0 Å². The van der Waals surface area contributed by atoms with Gasteiger partial charge in [0.25, 0.3) is 0 Å². The summed E-state index contributed by atoms with van der Waals surface area (Å²) in [4.78, 5) is 0. The Labute approximate surface area is 251 Å². The van der Waals surface area contributed by atoms with E-state index in [4.69, 9.17) is 36.2 Å². The smallest absolute Gasteiger partial charge is 0.309 e. The summed E-state index contributed by atoms with van der Waals surface area (Å²) in [6.07, 6.45) is -0.676. The minimum atomic E-state index is -3.65. The van der Waals surface area contributed by atoms with Gasteiger partial charge in [-0.1, -0.05) is 12.1 Å². The molecule has 16 heteroatoms. The van der Waals surface area contributed by atoms with E-state index in [-0.39, 0.29) is 77.5 Å². The molecule has 0 fully saturated rings. The van der Waals surface area contributed by atoms with Gasteiger partial charge in [-0.15, -0.1) is 0 Å². The van der Waals surface area contributed by atoms with Crippen molar-refractivity contribution in [2.75, 3.05) is 52.9 Å². The van der Waals surface area contributed by atoms with Gasteiger partial charge in [0, 0.05) is 0 Å². The summed E-state index contributed by atoms with van der Waals surface area (Å²) < 4.78 is 99.2. The summed E-state index contributed by atoms with van der Waals surface area (Å²) >= 11 is 0. The number of rotatable bonds is 24. The molecule has 1 rings (SSSR count). The summed E-state index contributed by atoms with van der Waals surface area (Å²) in [5, 5.41) is 0. The lowest BCUT2D eigenvalue weighted by molar-refractivity contribution is 0.216. The molecule has 0 atom stereocenters. The van der Waals surface area contributed by atoms with Crippen LogP contribution in [-0.2, 0) is 79.1 Å². The van der Waals surface area contributed by atoms with Crippen LogP contribution >= 0.6 is 30.4 Å². The summed E-state index contributed by atoms with van der Waals surface area (Å²) in [6, 6.07) is 3.34. The van der Waals surface area contributed by atoms with E-state index in [2.05, 4.69) is 0 Å². The molecule has 1 aromatic rings. The molecule has 0 N–H and O–H groups in total. The van der Waals surface area contributed by atoms with Gasteiger partial charge in [-0.3, -0.25) is 18.3 Å². The Morgan fingerprint density at radius 2 is 0.500 bits per heavy atom. The maximum atomic E-state index is 13.7. The average molecular weight is 679 g/mol. The zero-order chi connectivity index (χ0) is 31.9. The molecule has 0 aromatic heterocycles. The Kier molecular flexibility index (Phi) is 18.4. The van der Waals surface area contributed by atoms with E-state index in [9.17, 15) is 18.3 Å². The fourth-order valence-corrected chi connectivity index (χ4v) is 11.3. The predicted molar refractivity (Wildman–Crippen MR) is 165 cm³/mol. The number of hydrogen-bond acceptors (Lipinski definition) is 12. The first-order chi connectivity index (χ1) is 19.8. The lowest BCUT2D eigenvalue weighted by Crippen LogP contribution is -2.09. The van der Waals surface area contributed by atoms with Crippen LogP contribution in [0.25, 0.3) is 0 Å². The lowest BCUT2D eigenvalue weighted by Gasteiger charge is -2.25. The molecule has 0 saturated carbocycles. The predicted octanol–water partition coefficient (Wildman–Crippen LogP) is 8.75. The second-order valence-electron chi connectivity index (χ2n) is 8.81. The van der Waals surface area contributed by atoms with Crippen LogP contribution in [0.1, 0.15) is 77.6 Å². The van der Waals surface area contributed by atoms with Crippen molar-refractivity contribution in [1.29, 1.82) is 0 Å². The number of benzene rings is 1. The van der Waals surface area contributed by atoms with Crippen LogP contribution in [0.5, 0.6) is 0 Å². The second-order valence-corrected chi connectivity index (χ2v) is 17.0. The highest BCUT2D eigenvalue weighted by Crippen LogP contribution is 2.58. The van der Waals surface area contributed by atoms with Gasteiger partial charge in [-0.05, 0) is 77.6 Å². The van der Waals surface area contributed by atoms with E-state index < -0.39 is 30.4 Å². The van der Waals surface area contributed by atoms with E-state index in [1.54, 1.807) is 67.5 Å². The Morgan fingerprint density at radius 3 is 0.619 bits per heavy atom. The third kappa shape index (κ3) is 13.0. The van der Waals surface area contributed by atoms with Gasteiger partial charge >= 0.3 is 30.4 Å². The molecule has 246 valence electrons. The van der Waals surface area contributed by atoms with Gasteiger partial charge in [0.05, 0.1) is 77.5 Å². The van der Waals surface area contributed by atoms with Crippen LogP contribution in [0.3, 0.4) is 0 Å². The van der Waals surface area contributed by atoms with E-state index >= 15 is 0 Å². The Morgan fingerprint density at radius 1 is 0.357 bits per heavy atom. The van der Waals surface area contributed by atoms with Crippen molar-refractivity contribution in [1.82, 2.24) is 0 Å². The molecule has 0 aliphatic rings. The third-order valence-corrected chi connectivity index (χ3v) is 13.7. The minimum absolute atomic E-state index is 0.143. The third-order valence-electron chi connectivity index (χ3n) is 5.58. The summed E-state index contributed by atoms with van der Waals surface area (Å²) in [5.41, 5.74) is 1.84. The van der Waals surface area contributed by atoms with Crippen molar-refractivity contribution in [3.8, 4) is 0 Å². The highest BCUT2D eigenvalue weighted by atomic mass is 31.2. The molecule has 42 heavy (non-hydrogen) atoms. The van der Waals surface area contributed by atoms with Crippen LogP contribution < -0.4 is 0 Å². The molecule has 0 heterocycles. The van der Waals surface area contributed by atoms with Crippen molar-refractivity contribution in [3.63, 3.8) is 0 Å². The second kappa shape index (κ2) is 19.4. The van der Waals surface area contributed by atoms with Crippen LogP contribution in [0.4, 0.5) is 0 Å². The van der Waals surface area contributed by atoms with E-state index in [0.29, 0.717) is 22.3 Å². The normalized spacial score (nSPS) is 13.1. The van der Waals surface area contributed by atoms with Crippen LogP contribution in [0.15, 0.2) is 12.1 Å². The molecule has 1 aromatic carbocycles. The zero-order valence-corrected chi connectivity index (χ0v) is 29.9. The molecule has 0 aliphatic carbocycles. The van der Waals surface area contributed by atoms with Crippen molar-refractivity contribution in [2.45, 2.75) is 80.0 Å². The Hall–Kier alpha value is -0.180. The van der Waals surface area contributed by atoms with Gasteiger partial charge in [-0.2, -0.15) is 0 Å². The topological polar surface area (TPSA) is 142 Å². The van der Waals surface area contributed by atoms with Gasteiger partial charge in [0.15, 0.2) is 0 Å². The van der Waals surface area contributed by atoms with Gasteiger partial charge in [0.2, 0.25) is 0 Å². The molecule has 0 unspecified atom stereocenters. The quantitative estimate of drug-likeness (QED) is 0.0965. The Balaban J connectivity index is 4.02. The van der Waals surface area contributed by atoms with Crippen molar-refractivity contribution in [3.05, 3.63) is 34.4 Å². The van der Waals surface area contributed by atoms with Gasteiger partial charge in [0.1, 0.15) is 0 Å². The zero-order valence-electron chi connectivity index (χ0n) is 26.3. The summed E-state index contributed by atoms with van der Waals surface area (Å²) in [5.74, 6) is 0. The molecule has 12 nitrogen and oxygen atoms in total. The standard InChI is InChI=1S/C26H50O12P4/c1-9-31-39(27,32-10-2)19-23-17-25(21-41(29,35-13-5)36-14-6)26(22-42(30,37-15-7)38-16-8)18-24(23)20-40(28,33-11-3)34-12-4/h17-18H,9-16,19-22H2,1-8H3. The molecule has 0 radical (unpaired) electrons. The fraction of sp³-hybridized carbons (Fsp3) is 0.769. The van der Waals surface area contributed by atoms with Crippen LogP contribution in [0.2, 0.25) is 0 Å². The molecule has 0 aliphatic heterocycles. The molecular weight excluding hydrogens is 628 g/mol. The van der Waals surface area contributed by atoms with Gasteiger partial charge < -0.3 is 36.2 Å². The molecule has 0 bridgehead atoms. The monoisotopic (exact) mass is 678 g/mol. The molecule has 0 amide bonds. The maximum Gasteiger partial charge on any atom is 0.335 e. The fourth-order valence-electron chi connectivity index (χ4n) is 4.30. The highest BCUT2D eigenvalue weighted by molar-refractivity contribution is 7.54. The number of hydrogen-bond donors (Lipinski definition) is 0. The first-order valence-electron chi connectivity index (χ1n) is 14.5. The summed E-state index contributed by atoms with van der Waals surface area (Å²) in [6.45, 7) is 14.8. The van der Waals surface area contributed by atoms with E-state index in [1.807, 2.05) is 0 Å². The summed E-state index contributed by atoms with van der Waals surface area (Å²) in [7, 11) is -14.6. The molecule has 0 saturated heterocycles. The Bertz CT molecular complexity index is 932. The van der Waals surface area contributed by atoms with Crippen molar-refractivity contribution < 1.29 is 54.5 Å². The van der Waals surface area contributed by atoms with Crippen LogP contribution in [0, 0.1) is 0 Å². The molecular formula is C26H50O12P4. The van der Waals surface area contributed by atoms with Crippen LogP contribution in [-0.4, -0.2) is 52.9 Å². The van der Waals surface area contributed by atoms with Crippen molar-refractivity contribution >= 4 is 30.4 Å². The first kappa shape index (κ1) is 39.8. The molecule has 0 spiro atoms. The van der Waals surface area contributed by atoms with E-state index in [1.165, 1.54) is 0 Å². The lowest BCUT2D eigenvalue weighted by atomic mass is 10.0.